The monoisotopic (exact) mass is 382 g/mol. The Kier molecular flexibility index (Phi) is 3.84. The minimum atomic E-state index is -0.159. The first-order valence-electron chi connectivity index (χ1n) is 9.20. The van der Waals surface area contributed by atoms with Crippen LogP contribution in [0.25, 0.3) is 27.9 Å². The molecule has 6 nitrogen and oxygen atoms in total. The lowest BCUT2D eigenvalue weighted by atomic mass is 10.1. The van der Waals surface area contributed by atoms with Crippen LogP contribution in [0.1, 0.15) is 16.1 Å². The highest BCUT2D eigenvalue weighted by Crippen LogP contribution is 2.36. The Hall–Kier alpha value is -4.06. The molecule has 5 rings (SSSR count). The van der Waals surface area contributed by atoms with Gasteiger partial charge in [0.05, 0.1) is 34.9 Å². The molecule has 29 heavy (non-hydrogen) atoms. The van der Waals surface area contributed by atoms with Crippen LogP contribution in [-0.4, -0.2) is 27.3 Å². The zero-order valence-corrected chi connectivity index (χ0v) is 15.7. The van der Waals surface area contributed by atoms with Crippen molar-refractivity contribution in [2.75, 3.05) is 12.8 Å². The Balaban J connectivity index is 1.72. The van der Waals surface area contributed by atoms with Crippen molar-refractivity contribution in [1.29, 1.82) is 0 Å². The van der Waals surface area contributed by atoms with Crippen molar-refractivity contribution >= 4 is 28.0 Å². The number of carbonyl (C=O) groups excluding carboxylic acids is 1. The Morgan fingerprint density at radius 2 is 1.79 bits per heavy atom. The molecular formula is C23H18N4O2. The summed E-state index contributed by atoms with van der Waals surface area (Å²) in [5.74, 6) is 1.17. The first-order chi connectivity index (χ1) is 14.2. The molecule has 0 aliphatic rings. The van der Waals surface area contributed by atoms with Crippen molar-refractivity contribution in [2.24, 2.45) is 0 Å². The van der Waals surface area contributed by atoms with E-state index in [1.54, 1.807) is 31.4 Å². The summed E-state index contributed by atoms with van der Waals surface area (Å²) in [6, 6.07) is 20.5. The Bertz CT molecular complexity index is 1330. The number of hydrogen-bond donors (Lipinski definition) is 2. The van der Waals surface area contributed by atoms with Gasteiger partial charge in [-0.05, 0) is 48.5 Å². The molecule has 6 heteroatoms. The quantitative estimate of drug-likeness (QED) is 0.454. The third-order valence-electron chi connectivity index (χ3n) is 5.07. The predicted molar refractivity (Wildman–Crippen MR) is 113 cm³/mol. The Labute approximate surface area is 166 Å². The minimum Gasteiger partial charge on any atom is -0.497 e. The molecule has 0 unspecified atom stereocenters. The normalized spacial score (nSPS) is 11.2. The largest absolute Gasteiger partial charge is 0.497 e. The van der Waals surface area contributed by atoms with E-state index in [0.29, 0.717) is 28.5 Å². The number of carbonyl (C=O) groups is 1. The molecule has 0 saturated carbocycles. The van der Waals surface area contributed by atoms with Crippen LogP contribution < -0.4 is 10.5 Å². The zero-order valence-electron chi connectivity index (χ0n) is 15.7. The van der Waals surface area contributed by atoms with Gasteiger partial charge in [0.2, 0.25) is 5.78 Å². The highest BCUT2D eigenvalue weighted by atomic mass is 16.5. The Morgan fingerprint density at radius 3 is 2.55 bits per heavy atom. The van der Waals surface area contributed by atoms with Crippen molar-refractivity contribution < 1.29 is 9.53 Å². The minimum absolute atomic E-state index is 0.159. The molecule has 2 aromatic carbocycles. The number of pyridine rings is 1. The number of nitrogens with zero attached hydrogens (tertiary/aromatic N) is 2. The summed E-state index contributed by atoms with van der Waals surface area (Å²) >= 11 is 0. The number of fused-ring (bicyclic) bond motifs is 2. The van der Waals surface area contributed by atoms with Gasteiger partial charge in [0.1, 0.15) is 17.3 Å². The number of ketones is 1. The number of para-hydroxylation sites is 2. The molecule has 5 aromatic rings. The second-order valence-corrected chi connectivity index (χ2v) is 6.75. The van der Waals surface area contributed by atoms with Gasteiger partial charge in [-0.15, -0.1) is 0 Å². The smallest absolute Gasteiger partial charge is 0.211 e. The van der Waals surface area contributed by atoms with E-state index in [-0.39, 0.29) is 5.78 Å². The molecule has 0 bridgehead atoms. The fourth-order valence-electron chi connectivity index (χ4n) is 3.66. The number of rotatable bonds is 4. The van der Waals surface area contributed by atoms with Crippen LogP contribution in [0.15, 0.2) is 72.9 Å². The van der Waals surface area contributed by atoms with Crippen LogP contribution in [0.5, 0.6) is 5.75 Å². The zero-order chi connectivity index (χ0) is 20.0. The van der Waals surface area contributed by atoms with E-state index in [1.807, 2.05) is 53.1 Å². The summed E-state index contributed by atoms with van der Waals surface area (Å²) in [5.41, 5.74) is 11.2. The van der Waals surface area contributed by atoms with Gasteiger partial charge in [-0.1, -0.05) is 18.2 Å². The topological polar surface area (TPSA) is 85.4 Å². The lowest BCUT2D eigenvalue weighted by molar-refractivity contribution is 0.103. The molecule has 0 spiro atoms. The van der Waals surface area contributed by atoms with Crippen LogP contribution in [0.2, 0.25) is 0 Å². The lowest BCUT2D eigenvalue weighted by Gasteiger charge is -2.05. The van der Waals surface area contributed by atoms with Gasteiger partial charge < -0.3 is 19.9 Å². The van der Waals surface area contributed by atoms with Gasteiger partial charge >= 0.3 is 0 Å². The number of hydrogen-bond acceptors (Lipinski definition) is 4. The molecule has 3 N–H and O–H groups in total. The molecule has 3 aromatic heterocycles. The fourth-order valence-corrected chi connectivity index (χ4v) is 3.66. The molecule has 0 aliphatic heterocycles. The van der Waals surface area contributed by atoms with Crippen molar-refractivity contribution in [3.8, 4) is 17.1 Å². The summed E-state index contributed by atoms with van der Waals surface area (Å²) in [5, 5.41) is 0. The van der Waals surface area contributed by atoms with Gasteiger partial charge in [0.25, 0.3) is 0 Å². The van der Waals surface area contributed by atoms with Gasteiger partial charge in [0.15, 0.2) is 0 Å². The number of benzene rings is 2. The molecule has 0 fully saturated rings. The molecule has 0 saturated heterocycles. The number of ether oxygens (including phenoxy) is 1. The van der Waals surface area contributed by atoms with Crippen LogP contribution in [0, 0.1) is 0 Å². The molecule has 0 radical (unpaired) electrons. The van der Waals surface area contributed by atoms with E-state index in [4.69, 9.17) is 10.5 Å². The molecular weight excluding hydrogens is 364 g/mol. The third-order valence-corrected chi connectivity index (χ3v) is 5.07. The van der Waals surface area contributed by atoms with Crippen molar-refractivity contribution in [2.45, 2.75) is 0 Å². The number of imidazole rings is 1. The number of H-pyrrole nitrogens is 1. The number of nitrogens with two attached hydrogens (primary N) is 1. The summed E-state index contributed by atoms with van der Waals surface area (Å²) in [6.07, 6.45) is 1.84. The van der Waals surface area contributed by atoms with Crippen LogP contribution in [0.3, 0.4) is 0 Å². The summed E-state index contributed by atoms with van der Waals surface area (Å²) in [6.45, 7) is 0. The molecule has 0 atom stereocenters. The van der Waals surface area contributed by atoms with Crippen LogP contribution in [-0.2, 0) is 0 Å². The standard InChI is InChI=1S/C23H18N4O2/c1-29-15-11-9-14(10-12-15)22(28)21-20(24)19(18-8-4-5-13-27(18)21)23-25-16-6-2-3-7-17(16)26-23/h2-13H,24H2,1H3,(H,25,26). The summed E-state index contributed by atoms with van der Waals surface area (Å²) in [4.78, 5) is 21.3. The lowest BCUT2D eigenvalue weighted by Crippen LogP contribution is -2.08. The number of nitrogen functional groups attached to an aromatic ring is 1. The maximum atomic E-state index is 13.3. The van der Waals surface area contributed by atoms with Gasteiger partial charge in [-0.25, -0.2) is 4.98 Å². The highest BCUT2D eigenvalue weighted by molar-refractivity contribution is 6.15. The third kappa shape index (κ3) is 2.65. The van der Waals surface area contributed by atoms with Crippen LogP contribution >= 0.6 is 0 Å². The van der Waals surface area contributed by atoms with E-state index in [0.717, 1.165) is 22.1 Å². The molecule has 142 valence electrons. The number of aromatic nitrogens is 3. The predicted octanol–water partition coefficient (Wildman–Crippen LogP) is 4.30. The second kappa shape index (κ2) is 6.53. The van der Waals surface area contributed by atoms with Crippen molar-refractivity contribution in [3.63, 3.8) is 0 Å². The van der Waals surface area contributed by atoms with E-state index < -0.39 is 0 Å². The number of methoxy groups -OCH3 is 1. The SMILES string of the molecule is COc1ccc(C(=O)c2c(N)c(-c3nc4ccccc4[nH]3)c3ccccn23)cc1. The molecule has 0 amide bonds. The van der Waals surface area contributed by atoms with E-state index in [2.05, 4.69) is 9.97 Å². The average Bonchev–Trinajstić information content (AvgIpc) is 3.31. The van der Waals surface area contributed by atoms with Crippen molar-refractivity contribution in [3.05, 3.63) is 84.2 Å². The van der Waals surface area contributed by atoms with Gasteiger partial charge in [-0.3, -0.25) is 4.79 Å². The summed E-state index contributed by atoms with van der Waals surface area (Å²) < 4.78 is 7.01. The van der Waals surface area contributed by atoms with E-state index in [1.165, 1.54) is 0 Å². The summed E-state index contributed by atoms with van der Waals surface area (Å²) in [7, 11) is 1.59. The number of aromatic amines is 1. The Morgan fingerprint density at radius 1 is 1.03 bits per heavy atom. The second-order valence-electron chi connectivity index (χ2n) is 6.75. The first kappa shape index (κ1) is 17.1. The number of nitrogens with one attached hydrogen (secondary N) is 1. The number of anilines is 1. The molecule has 3 heterocycles. The van der Waals surface area contributed by atoms with E-state index in [9.17, 15) is 4.79 Å². The van der Waals surface area contributed by atoms with Gasteiger partial charge in [0, 0.05) is 11.8 Å². The maximum absolute atomic E-state index is 13.3. The fraction of sp³-hybridized carbons (Fsp3) is 0.0435. The maximum Gasteiger partial charge on any atom is 0.211 e. The first-order valence-corrected chi connectivity index (χ1v) is 9.20. The van der Waals surface area contributed by atoms with Crippen LogP contribution in [0.4, 0.5) is 5.69 Å². The highest BCUT2D eigenvalue weighted by Gasteiger charge is 2.24. The average molecular weight is 382 g/mol. The van der Waals surface area contributed by atoms with E-state index >= 15 is 0 Å². The molecule has 0 aliphatic carbocycles. The van der Waals surface area contributed by atoms with Crippen molar-refractivity contribution in [1.82, 2.24) is 14.4 Å². The van der Waals surface area contributed by atoms with Gasteiger partial charge in [-0.2, -0.15) is 0 Å².